The molecule has 1 aliphatic rings. The lowest BCUT2D eigenvalue weighted by Gasteiger charge is -2.28. The molecule has 1 aromatic carbocycles. The highest BCUT2D eigenvalue weighted by molar-refractivity contribution is 5.55. The number of aromatic nitrogens is 2. The second-order valence-corrected chi connectivity index (χ2v) is 8.35. The molecule has 1 aromatic heterocycles. The maximum absolute atomic E-state index is 4.68. The monoisotopic (exact) mass is 364 g/mol. The predicted octanol–water partition coefficient (Wildman–Crippen LogP) is 7.34. The van der Waals surface area contributed by atoms with E-state index >= 15 is 0 Å². The van der Waals surface area contributed by atoms with Crippen molar-refractivity contribution in [3.8, 4) is 11.4 Å². The van der Waals surface area contributed by atoms with E-state index in [1.807, 2.05) is 0 Å². The van der Waals surface area contributed by atoms with Gasteiger partial charge in [0.2, 0.25) is 0 Å². The van der Waals surface area contributed by atoms with Crippen molar-refractivity contribution >= 4 is 0 Å². The standard InChI is InChI=1S/C25H36N2/c1-3-5-6-7-9-21-10-14-22(15-11-21)24-18-26-25(27-19-24)23-16-12-20(8-4-2)13-17-23/h12-13,16-19,21-22H,3-11,14-15H2,1-2H3. The largest absolute Gasteiger partial charge is 0.236 e. The Morgan fingerprint density at radius 3 is 2.15 bits per heavy atom. The number of hydrogen-bond acceptors (Lipinski definition) is 2. The van der Waals surface area contributed by atoms with E-state index in [2.05, 4.69) is 60.5 Å². The quantitative estimate of drug-likeness (QED) is 0.435. The molecule has 2 heteroatoms. The van der Waals surface area contributed by atoms with Crippen LogP contribution in [0.4, 0.5) is 0 Å². The van der Waals surface area contributed by atoms with Gasteiger partial charge >= 0.3 is 0 Å². The van der Waals surface area contributed by atoms with Gasteiger partial charge in [0.05, 0.1) is 0 Å². The molecule has 0 atom stereocenters. The van der Waals surface area contributed by atoms with Gasteiger partial charge in [0.15, 0.2) is 5.82 Å². The lowest BCUT2D eigenvalue weighted by molar-refractivity contribution is 0.301. The second kappa shape index (κ2) is 10.6. The fourth-order valence-electron chi connectivity index (χ4n) is 4.45. The van der Waals surface area contributed by atoms with Crippen molar-refractivity contribution in [3.63, 3.8) is 0 Å². The van der Waals surface area contributed by atoms with E-state index in [9.17, 15) is 0 Å². The highest BCUT2D eigenvalue weighted by Crippen LogP contribution is 2.37. The molecule has 0 spiro atoms. The Labute approximate surface area is 165 Å². The molecule has 0 N–H and O–H groups in total. The number of benzene rings is 1. The van der Waals surface area contributed by atoms with E-state index in [0.29, 0.717) is 5.92 Å². The molecule has 1 heterocycles. The Morgan fingerprint density at radius 2 is 1.52 bits per heavy atom. The number of unbranched alkanes of at least 4 members (excludes halogenated alkanes) is 3. The van der Waals surface area contributed by atoms with E-state index in [4.69, 9.17) is 0 Å². The third-order valence-corrected chi connectivity index (χ3v) is 6.21. The molecular weight excluding hydrogens is 328 g/mol. The Kier molecular flexibility index (Phi) is 7.86. The van der Waals surface area contributed by atoms with Gasteiger partial charge < -0.3 is 0 Å². The van der Waals surface area contributed by atoms with Gasteiger partial charge in [0.1, 0.15) is 0 Å². The summed E-state index contributed by atoms with van der Waals surface area (Å²) in [6.45, 7) is 4.51. The maximum Gasteiger partial charge on any atom is 0.159 e. The maximum atomic E-state index is 4.68. The Morgan fingerprint density at radius 1 is 0.815 bits per heavy atom. The summed E-state index contributed by atoms with van der Waals surface area (Å²) in [5.41, 5.74) is 3.85. The first kappa shape index (κ1) is 20.0. The van der Waals surface area contributed by atoms with Crippen molar-refractivity contribution in [2.24, 2.45) is 5.92 Å². The van der Waals surface area contributed by atoms with Gasteiger partial charge in [0.25, 0.3) is 0 Å². The minimum Gasteiger partial charge on any atom is -0.236 e. The van der Waals surface area contributed by atoms with Crippen LogP contribution in [-0.2, 0) is 6.42 Å². The molecular formula is C25H36N2. The Bertz CT molecular complexity index is 652. The van der Waals surface area contributed by atoms with E-state index < -0.39 is 0 Å². The molecule has 0 radical (unpaired) electrons. The van der Waals surface area contributed by atoms with Crippen molar-refractivity contribution in [1.29, 1.82) is 0 Å². The van der Waals surface area contributed by atoms with E-state index in [-0.39, 0.29) is 0 Å². The van der Waals surface area contributed by atoms with Gasteiger partial charge in [-0.15, -0.1) is 0 Å². The van der Waals surface area contributed by atoms with E-state index in [1.165, 1.54) is 75.3 Å². The molecule has 0 saturated heterocycles. The lowest BCUT2D eigenvalue weighted by Crippen LogP contribution is -2.14. The molecule has 2 aromatic rings. The lowest BCUT2D eigenvalue weighted by atomic mass is 9.77. The summed E-state index contributed by atoms with van der Waals surface area (Å²) < 4.78 is 0. The van der Waals surface area contributed by atoms with Crippen LogP contribution in [0, 0.1) is 5.92 Å². The first-order valence-corrected chi connectivity index (χ1v) is 11.2. The zero-order valence-corrected chi connectivity index (χ0v) is 17.3. The molecule has 2 nitrogen and oxygen atoms in total. The van der Waals surface area contributed by atoms with Crippen molar-refractivity contribution < 1.29 is 0 Å². The van der Waals surface area contributed by atoms with E-state index in [1.54, 1.807) is 0 Å². The van der Waals surface area contributed by atoms with Crippen LogP contribution in [-0.4, -0.2) is 9.97 Å². The van der Waals surface area contributed by atoms with Gasteiger partial charge in [-0.2, -0.15) is 0 Å². The van der Waals surface area contributed by atoms with Crippen molar-refractivity contribution in [1.82, 2.24) is 9.97 Å². The third kappa shape index (κ3) is 5.89. The summed E-state index contributed by atoms with van der Waals surface area (Å²) in [6, 6.07) is 8.73. The third-order valence-electron chi connectivity index (χ3n) is 6.21. The van der Waals surface area contributed by atoms with Crippen molar-refractivity contribution in [2.45, 2.75) is 90.4 Å². The minimum absolute atomic E-state index is 0.665. The molecule has 1 fully saturated rings. The fourth-order valence-corrected chi connectivity index (χ4v) is 4.45. The predicted molar refractivity (Wildman–Crippen MR) is 115 cm³/mol. The average molecular weight is 365 g/mol. The zero-order chi connectivity index (χ0) is 18.9. The molecule has 0 aliphatic heterocycles. The fraction of sp³-hybridized carbons (Fsp3) is 0.600. The first-order chi connectivity index (χ1) is 13.3. The topological polar surface area (TPSA) is 25.8 Å². The molecule has 1 saturated carbocycles. The van der Waals surface area contributed by atoms with Gasteiger partial charge in [-0.1, -0.05) is 76.6 Å². The van der Waals surface area contributed by atoms with Gasteiger partial charge in [-0.05, 0) is 55.1 Å². The van der Waals surface area contributed by atoms with Crippen molar-refractivity contribution in [3.05, 3.63) is 47.8 Å². The SMILES string of the molecule is CCCCCCC1CCC(c2cnc(-c3ccc(CCC)cc3)nc2)CC1. The Hall–Kier alpha value is -1.70. The Balaban J connectivity index is 1.50. The zero-order valence-electron chi connectivity index (χ0n) is 17.3. The van der Waals surface area contributed by atoms with Crippen LogP contribution in [0.25, 0.3) is 11.4 Å². The average Bonchev–Trinajstić information content (AvgIpc) is 2.73. The summed E-state index contributed by atoms with van der Waals surface area (Å²) in [5.74, 6) is 2.48. The highest BCUT2D eigenvalue weighted by atomic mass is 14.9. The molecule has 0 unspecified atom stereocenters. The first-order valence-electron chi connectivity index (χ1n) is 11.2. The van der Waals surface area contributed by atoms with Crippen LogP contribution in [0.3, 0.4) is 0 Å². The normalized spacial score (nSPS) is 19.9. The van der Waals surface area contributed by atoms with Crippen LogP contribution >= 0.6 is 0 Å². The number of rotatable bonds is 9. The summed E-state index contributed by atoms with van der Waals surface area (Å²) in [6.07, 6.45) is 18.9. The van der Waals surface area contributed by atoms with Crippen molar-refractivity contribution in [2.75, 3.05) is 0 Å². The number of nitrogens with zero attached hydrogens (tertiary/aromatic N) is 2. The molecule has 1 aliphatic carbocycles. The van der Waals surface area contributed by atoms with Crippen LogP contribution in [0.2, 0.25) is 0 Å². The summed E-state index contributed by atoms with van der Waals surface area (Å²) in [4.78, 5) is 9.36. The number of aryl methyl sites for hydroxylation is 1. The van der Waals surface area contributed by atoms with Crippen LogP contribution in [0.5, 0.6) is 0 Å². The van der Waals surface area contributed by atoms with Crippen LogP contribution in [0.15, 0.2) is 36.7 Å². The number of hydrogen-bond donors (Lipinski definition) is 0. The molecule has 146 valence electrons. The van der Waals surface area contributed by atoms with E-state index in [0.717, 1.165) is 23.7 Å². The summed E-state index contributed by atoms with van der Waals surface area (Å²) in [5, 5.41) is 0. The molecule has 27 heavy (non-hydrogen) atoms. The second-order valence-electron chi connectivity index (χ2n) is 8.35. The van der Waals surface area contributed by atoms with Gasteiger partial charge in [-0.3, -0.25) is 0 Å². The van der Waals surface area contributed by atoms with Gasteiger partial charge in [-0.25, -0.2) is 9.97 Å². The van der Waals surface area contributed by atoms with Crippen LogP contribution < -0.4 is 0 Å². The van der Waals surface area contributed by atoms with Crippen LogP contribution in [0.1, 0.15) is 95.1 Å². The van der Waals surface area contributed by atoms with Gasteiger partial charge in [0, 0.05) is 18.0 Å². The minimum atomic E-state index is 0.665. The highest BCUT2D eigenvalue weighted by Gasteiger charge is 2.22. The molecule has 3 rings (SSSR count). The molecule has 0 bridgehead atoms. The molecule has 0 amide bonds. The smallest absolute Gasteiger partial charge is 0.159 e. The summed E-state index contributed by atoms with van der Waals surface area (Å²) in [7, 11) is 0. The summed E-state index contributed by atoms with van der Waals surface area (Å²) >= 11 is 0.